The topological polar surface area (TPSA) is 12.9 Å². The Hall–Kier alpha value is -0.0800. The Kier molecular flexibility index (Phi) is 4.74. The lowest BCUT2D eigenvalue weighted by molar-refractivity contribution is 0.438. The van der Waals surface area contributed by atoms with Gasteiger partial charge in [-0.25, -0.2) is 4.98 Å². The third-order valence-electron chi connectivity index (χ3n) is 2.00. The summed E-state index contributed by atoms with van der Waals surface area (Å²) in [6, 6.07) is 0. The fourth-order valence-corrected chi connectivity index (χ4v) is 2.31. The lowest BCUT2D eigenvalue weighted by atomic mass is 9.95. The van der Waals surface area contributed by atoms with Gasteiger partial charge in [-0.3, -0.25) is 0 Å². The van der Waals surface area contributed by atoms with Crippen LogP contribution < -0.4 is 0 Å². The molecule has 1 rings (SSSR count). The molecule has 0 aromatic carbocycles. The van der Waals surface area contributed by atoms with Gasteiger partial charge in [-0.05, 0) is 24.7 Å². The monoisotopic (exact) mass is 217 g/mol. The Morgan fingerprint density at radius 3 is 2.77 bits per heavy atom. The molecule has 0 aliphatic rings. The van der Waals surface area contributed by atoms with E-state index in [9.17, 15) is 0 Å². The number of hydrogen-bond acceptors (Lipinski definition) is 2. The van der Waals surface area contributed by atoms with E-state index in [-0.39, 0.29) is 0 Å². The Bertz CT molecular complexity index is 221. The van der Waals surface area contributed by atoms with E-state index in [1.54, 1.807) is 11.3 Å². The molecule has 1 aromatic rings. The summed E-state index contributed by atoms with van der Waals surface area (Å²) in [5.41, 5.74) is 3.08. The fourth-order valence-electron chi connectivity index (χ4n) is 1.50. The molecule has 74 valence electrons. The van der Waals surface area contributed by atoms with E-state index in [1.807, 2.05) is 5.51 Å². The molecule has 0 radical (unpaired) electrons. The molecular formula is C10H16ClNS. The maximum atomic E-state index is 5.90. The molecule has 1 heterocycles. The van der Waals surface area contributed by atoms with Crippen molar-refractivity contribution in [1.82, 2.24) is 4.98 Å². The molecule has 0 aliphatic carbocycles. The number of hydrogen-bond donors (Lipinski definition) is 0. The molecular weight excluding hydrogens is 202 g/mol. The first kappa shape index (κ1) is 11.0. The third-order valence-corrected chi connectivity index (χ3v) is 3.08. The van der Waals surface area contributed by atoms with Crippen LogP contribution in [0.25, 0.3) is 0 Å². The highest BCUT2D eigenvalue weighted by Gasteiger charge is 2.11. The van der Waals surface area contributed by atoms with E-state index < -0.39 is 0 Å². The first-order valence-electron chi connectivity index (χ1n) is 4.65. The third kappa shape index (κ3) is 4.10. The van der Waals surface area contributed by atoms with Crippen LogP contribution in [0.4, 0.5) is 0 Å². The first-order chi connectivity index (χ1) is 6.22. The van der Waals surface area contributed by atoms with Crippen LogP contribution in [-0.4, -0.2) is 10.9 Å². The van der Waals surface area contributed by atoms with Gasteiger partial charge in [0.25, 0.3) is 0 Å². The molecule has 1 unspecified atom stereocenters. The second-order valence-electron chi connectivity index (χ2n) is 3.83. The highest BCUT2D eigenvalue weighted by molar-refractivity contribution is 7.07. The van der Waals surface area contributed by atoms with E-state index in [4.69, 9.17) is 11.6 Å². The van der Waals surface area contributed by atoms with Crippen LogP contribution in [0, 0.1) is 11.8 Å². The molecule has 0 spiro atoms. The maximum Gasteiger partial charge on any atom is 0.0794 e. The fraction of sp³-hybridized carbons (Fsp3) is 0.700. The Morgan fingerprint density at radius 1 is 1.54 bits per heavy atom. The predicted molar refractivity (Wildman–Crippen MR) is 59.5 cm³/mol. The van der Waals surface area contributed by atoms with Crippen molar-refractivity contribution >= 4 is 22.9 Å². The highest BCUT2D eigenvalue weighted by atomic mass is 35.5. The largest absolute Gasteiger partial charge is 0.250 e. The van der Waals surface area contributed by atoms with Gasteiger partial charge < -0.3 is 0 Å². The molecule has 13 heavy (non-hydrogen) atoms. The minimum atomic E-state index is 0.587. The summed E-state index contributed by atoms with van der Waals surface area (Å²) < 4.78 is 0. The number of nitrogens with zero attached hydrogens (tertiary/aromatic N) is 1. The average Bonchev–Trinajstić information content (AvgIpc) is 2.55. The van der Waals surface area contributed by atoms with E-state index >= 15 is 0 Å². The summed E-state index contributed by atoms with van der Waals surface area (Å²) in [6.45, 7) is 4.47. The average molecular weight is 218 g/mol. The quantitative estimate of drug-likeness (QED) is 0.687. The van der Waals surface area contributed by atoms with Crippen LogP contribution in [0.2, 0.25) is 0 Å². The van der Waals surface area contributed by atoms with Crippen molar-refractivity contribution in [3.05, 3.63) is 16.6 Å². The zero-order valence-electron chi connectivity index (χ0n) is 8.16. The molecule has 1 atom stereocenters. The molecule has 0 fully saturated rings. The maximum absolute atomic E-state index is 5.90. The Labute approximate surface area is 89.1 Å². The molecule has 0 amide bonds. The molecule has 1 nitrogen and oxygen atoms in total. The lowest BCUT2D eigenvalue weighted by Gasteiger charge is -2.14. The van der Waals surface area contributed by atoms with Crippen LogP contribution in [0.3, 0.4) is 0 Å². The van der Waals surface area contributed by atoms with Gasteiger partial charge >= 0.3 is 0 Å². The number of aromatic nitrogens is 1. The number of rotatable bonds is 5. The summed E-state index contributed by atoms with van der Waals surface area (Å²) >= 11 is 7.56. The van der Waals surface area contributed by atoms with Gasteiger partial charge in [0.05, 0.1) is 11.2 Å². The van der Waals surface area contributed by atoms with Crippen LogP contribution in [0.5, 0.6) is 0 Å². The Balaban J connectivity index is 2.40. The van der Waals surface area contributed by atoms with Crippen molar-refractivity contribution in [2.45, 2.75) is 26.7 Å². The first-order valence-corrected chi connectivity index (χ1v) is 6.13. The Morgan fingerprint density at radius 2 is 2.31 bits per heavy atom. The smallest absolute Gasteiger partial charge is 0.0794 e. The minimum absolute atomic E-state index is 0.587. The minimum Gasteiger partial charge on any atom is -0.250 e. The highest BCUT2D eigenvalue weighted by Crippen LogP contribution is 2.18. The van der Waals surface area contributed by atoms with E-state index in [0.29, 0.717) is 5.92 Å². The lowest BCUT2D eigenvalue weighted by Crippen LogP contribution is -2.09. The van der Waals surface area contributed by atoms with Crippen LogP contribution in [-0.2, 0) is 6.42 Å². The van der Waals surface area contributed by atoms with Crippen molar-refractivity contribution in [3.8, 4) is 0 Å². The summed E-state index contributed by atoms with van der Waals surface area (Å²) in [7, 11) is 0. The van der Waals surface area contributed by atoms with E-state index in [0.717, 1.165) is 18.2 Å². The van der Waals surface area contributed by atoms with Crippen LogP contribution in [0.1, 0.15) is 26.0 Å². The van der Waals surface area contributed by atoms with Gasteiger partial charge in [0.15, 0.2) is 0 Å². The standard InChI is InChI=1S/C10H16ClNS/c1-8(2)3-9(5-11)4-10-6-13-7-12-10/h6-9H,3-5H2,1-2H3. The molecule has 1 aromatic heterocycles. The van der Waals surface area contributed by atoms with Crippen molar-refractivity contribution < 1.29 is 0 Å². The zero-order valence-corrected chi connectivity index (χ0v) is 9.74. The van der Waals surface area contributed by atoms with Crippen molar-refractivity contribution in [3.63, 3.8) is 0 Å². The second kappa shape index (κ2) is 5.61. The van der Waals surface area contributed by atoms with E-state index in [2.05, 4.69) is 24.2 Å². The summed E-state index contributed by atoms with van der Waals surface area (Å²) in [6.07, 6.45) is 2.23. The van der Waals surface area contributed by atoms with Crippen molar-refractivity contribution in [1.29, 1.82) is 0 Å². The van der Waals surface area contributed by atoms with Crippen molar-refractivity contribution in [2.24, 2.45) is 11.8 Å². The van der Waals surface area contributed by atoms with Gasteiger partial charge in [-0.2, -0.15) is 0 Å². The second-order valence-corrected chi connectivity index (χ2v) is 4.86. The van der Waals surface area contributed by atoms with Crippen LogP contribution in [0.15, 0.2) is 10.9 Å². The number of halogens is 1. The van der Waals surface area contributed by atoms with Gasteiger partial charge in [-0.15, -0.1) is 22.9 Å². The molecule has 0 N–H and O–H groups in total. The summed E-state index contributed by atoms with van der Waals surface area (Å²) in [5, 5.41) is 2.11. The number of alkyl halides is 1. The number of thiazole rings is 1. The molecule has 0 aliphatic heterocycles. The zero-order chi connectivity index (χ0) is 9.68. The van der Waals surface area contributed by atoms with E-state index in [1.165, 1.54) is 12.1 Å². The van der Waals surface area contributed by atoms with Gasteiger partial charge in [0.1, 0.15) is 0 Å². The van der Waals surface area contributed by atoms with Crippen LogP contribution >= 0.6 is 22.9 Å². The SMILES string of the molecule is CC(C)CC(CCl)Cc1cscn1. The molecule has 0 bridgehead atoms. The normalized spacial score (nSPS) is 13.5. The predicted octanol–water partition coefficient (Wildman–Crippen LogP) is 3.59. The summed E-state index contributed by atoms with van der Waals surface area (Å²) in [5.74, 6) is 2.06. The van der Waals surface area contributed by atoms with Gasteiger partial charge in [0, 0.05) is 11.3 Å². The van der Waals surface area contributed by atoms with Crippen molar-refractivity contribution in [2.75, 3.05) is 5.88 Å². The van der Waals surface area contributed by atoms with Gasteiger partial charge in [-0.1, -0.05) is 13.8 Å². The van der Waals surface area contributed by atoms with Gasteiger partial charge in [0.2, 0.25) is 0 Å². The molecule has 0 saturated carbocycles. The molecule has 0 saturated heterocycles. The summed E-state index contributed by atoms with van der Waals surface area (Å²) in [4.78, 5) is 4.27. The molecule has 3 heteroatoms.